The maximum absolute atomic E-state index is 11.3. The van der Waals surface area contributed by atoms with Crippen molar-refractivity contribution < 1.29 is 13.2 Å². The number of rotatable bonds is 2. The second-order valence-corrected chi connectivity index (χ2v) is 5.86. The van der Waals surface area contributed by atoms with Gasteiger partial charge in [0.2, 0.25) is 10.0 Å². The summed E-state index contributed by atoms with van der Waals surface area (Å²) in [6.07, 6.45) is 0.784. The van der Waals surface area contributed by atoms with Crippen LogP contribution < -0.4 is 0 Å². The van der Waals surface area contributed by atoms with E-state index in [1.54, 1.807) is 0 Å². The summed E-state index contributed by atoms with van der Waals surface area (Å²) in [5.41, 5.74) is 0. The van der Waals surface area contributed by atoms with Crippen molar-refractivity contribution in [3.63, 3.8) is 0 Å². The van der Waals surface area contributed by atoms with E-state index in [0.29, 0.717) is 26.3 Å². The molecule has 0 unspecified atom stereocenters. The first kappa shape index (κ1) is 10.4. The van der Waals surface area contributed by atoms with Gasteiger partial charge in [-0.1, -0.05) is 15.9 Å². The number of hydrogen-bond donors (Lipinski definition) is 0. The van der Waals surface area contributed by atoms with Crippen LogP contribution in [0.1, 0.15) is 6.42 Å². The molecule has 0 aromatic rings. The summed E-state index contributed by atoms with van der Waals surface area (Å²) >= 11 is 2.96. The molecule has 1 fully saturated rings. The van der Waals surface area contributed by atoms with Crippen molar-refractivity contribution in [1.29, 1.82) is 0 Å². The van der Waals surface area contributed by atoms with Gasteiger partial charge in [0.15, 0.2) is 0 Å². The summed E-state index contributed by atoms with van der Waals surface area (Å²) in [4.78, 5) is 0. The number of ether oxygens (including phenoxy) is 1. The maximum atomic E-state index is 11.3. The van der Waals surface area contributed by atoms with Gasteiger partial charge < -0.3 is 4.74 Å². The SMILES string of the molecule is O=S(=O)(CBr)N1CCCOCC1. The van der Waals surface area contributed by atoms with E-state index in [1.807, 2.05) is 0 Å². The van der Waals surface area contributed by atoms with Crippen LogP contribution in [0.5, 0.6) is 0 Å². The Bertz CT molecular complexity index is 221. The van der Waals surface area contributed by atoms with Gasteiger partial charge in [-0.05, 0) is 6.42 Å². The predicted octanol–water partition coefficient (Wildman–Crippen LogP) is 0.391. The zero-order valence-corrected chi connectivity index (χ0v) is 9.10. The van der Waals surface area contributed by atoms with E-state index >= 15 is 0 Å². The third-order valence-electron chi connectivity index (χ3n) is 1.71. The third kappa shape index (κ3) is 2.69. The highest BCUT2D eigenvalue weighted by molar-refractivity contribution is 9.10. The lowest BCUT2D eigenvalue weighted by Crippen LogP contribution is -2.33. The highest BCUT2D eigenvalue weighted by atomic mass is 79.9. The molecule has 0 aromatic carbocycles. The summed E-state index contributed by atoms with van der Waals surface area (Å²) in [5, 5.41) is 0. The summed E-state index contributed by atoms with van der Waals surface area (Å²) in [6, 6.07) is 0. The molecule has 1 aliphatic rings. The fourth-order valence-corrected chi connectivity index (χ4v) is 2.84. The largest absolute Gasteiger partial charge is 0.380 e. The monoisotopic (exact) mass is 257 g/mol. The fraction of sp³-hybridized carbons (Fsp3) is 1.00. The average molecular weight is 258 g/mol. The minimum atomic E-state index is -3.07. The molecule has 1 rings (SSSR count). The molecule has 0 atom stereocenters. The molecule has 1 heterocycles. The van der Waals surface area contributed by atoms with Gasteiger partial charge >= 0.3 is 0 Å². The predicted molar refractivity (Wildman–Crippen MR) is 49.7 cm³/mol. The van der Waals surface area contributed by atoms with E-state index in [2.05, 4.69) is 15.9 Å². The standard InChI is InChI=1S/C6H12BrNO3S/c7-6-12(9,10)8-2-1-4-11-5-3-8/h1-6H2. The lowest BCUT2D eigenvalue weighted by atomic mass is 10.5. The van der Waals surface area contributed by atoms with Crippen molar-refractivity contribution in [2.24, 2.45) is 0 Å². The normalized spacial score (nSPS) is 22.1. The smallest absolute Gasteiger partial charge is 0.224 e. The minimum absolute atomic E-state index is 0. The van der Waals surface area contributed by atoms with Crippen LogP contribution in [-0.4, -0.2) is 43.7 Å². The molecule has 1 aliphatic heterocycles. The Morgan fingerprint density at radius 1 is 1.33 bits per heavy atom. The summed E-state index contributed by atoms with van der Waals surface area (Å²) < 4.78 is 29.3. The lowest BCUT2D eigenvalue weighted by molar-refractivity contribution is 0.148. The molecule has 0 saturated carbocycles. The molecule has 72 valence electrons. The quantitative estimate of drug-likeness (QED) is 0.673. The number of sulfonamides is 1. The van der Waals surface area contributed by atoms with Gasteiger partial charge in [-0.25, -0.2) is 8.42 Å². The van der Waals surface area contributed by atoms with Gasteiger partial charge in [-0.15, -0.1) is 0 Å². The number of alkyl halides is 1. The van der Waals surface area contributed by atoms with Gasteiger partial charge in [0.25, 0.3) is 0 Å². The Kier molecular flexibility index (Phi) is 3.95. The van der Waals surface area contributed by atoms with Crippen LogP contribution >= 0.6 is 15.9 Å². The van der Waals surface area contributed by atoms with Gasteiger partial charge in [0.1, 0.15) is 4.66 Å². The summed E-state index contributed by atoms with van der Waals surface area (Å²) in [5.74, 6) is 0. The molecule has 6 heteroatoms. The Balaban J connectivity index is 2.60. The van der Waals surface area contributed by atoms with E-state index in [1.165, 1.54) is 4.31 Å². The third-order valence-corrected chi connectivity index (χ3v) is 4.88. The average Bonchev–Trinajstić information content (AvgIpc) is 2.32. The molecule has 0 spiro atoms. The van der Waals surface area contributed by atoms with Crippen LogP contribution in [0.4, 0.5) is 0 Å². The molecule has 0 bridgehead atoms. The Morgan fingerprint density at radius 2 is 2.08 bits per heavy atom. The van der Waals surface area contributed by atoms with Crippen LogP contribution in [0.2, 0.25) is 0 Å². The lowest BCUT2D eigenvalue weighted by Gasteiger charge is -2.16. The molecule has 0 N–H and O–H groups in total. The van der Waals surface area contributed by atoms with E-state index in [0.717, 1.165) is 6.42 Å². The van der Waals surface area contributed by atoms with Crippen LogP contribution in [0.15, 0.2) is 0 Å². The van der Waals surface area contributed by atoms with Crippen molar-refractivity contribution in [2.45, 2.75) is 6.42 Å². The van der Waals surface area contributed by atoms with Crippen LogP contribution in [-0.2, 0) is 14.8 Å². The highest BCUT2D eigenvalue weighted by Crippen LogP contribution is 2.08. The first-order chi connectivity index (χ1) is 5.67. The van der Waals surface area contributed by atoms with E-state index < -0.39 is 10.0 Å². The first-order valence-corrected chi connectivity index (χ1v) is 6.51. The number of hydrogen-bond acceptors (Lipinski definition) is 3. The van der Waals surface area contributed by atoms with Crippen LogP contribution in [0.25, 0.3) is 0 Å². The molecule has 12 heavy (non-hydrogen) atoms. The zero-order valence-electron chi connectivity index (χ0n) is 6.70. The molecule has 4 nitrogen and oxygen atoms in total. The van der Waals surface area contributed by atoms with Crippen molar-refractivity contribution in [3.05, 3.63) is 0 Å². The number of halogens is 1. The van der Waals surface area contributed by atoms with Gasteiger partial charge in [-0.2, -0.15) is 4.31 Å². The van der Waals surface area contributed by atoms with Crippen molar-refractivity contribution >= 4 is 26.0 Å². The van der Waals surface area contributed by atoms with Crippen molar-refractivity contribution in [2.75, 3.05) is 31.0 Å². The van der Waals surface area contributed by atoms with Crippen LogP contribution in [0, 0.1) is 0 Å². The zero-order chi connectivity index (χ0) is 9.03. The van der Waals surface area contributed by atoms with E-state index in [9.17, 15) is 8.42 Å². The van der Waals surface area contributed by atoms with E-state index in [4.69, 9.17) is 4.74 Å². The minimum Gasteiger partial charge on any atom is -0.380 e. The first-order valence-electron chi connectivity index (χ1n) is 3.78. The fourth-order valence-electron chi connectivity index (χ4n) is 1.07. The maximum Gasteiger partial charge on any atom is 0.224 e. The summed E-state index contributed by atoms with van der Waals surface area (Å²) in [7, 11) is -3.07. The van der Waals surface area contributed by atoms with Crippen LogP contribution in [0.3, 0.4) is 0 Å². The van der Waals surface area contributed by atoms with E-state index in [-0.39, 0.29) is 4.66 Å². The Morgan fingerprint density at radius 3 is 2.75 bits per heavy atom. The molecule has 0 radical (unpaired) electrons. The van der Waals surface area contributed by atoms with Gasteiger partial charge in [0, 0.05) is 19.7 Å². The highest BCUT2D eigenvalue weighted by Gasteiger charge is 2.21. The summed E-state index contributed by atoms with van der Waals surface area (Å²) in [6.45, 7) is 2.22. The molecule has 0 amide bonds. The molecular formula is C6H12BrNO3S. The van der Waals surface area contributed by atoms with Gasteiger partial charge in [-0.3, -0.25) is 0 Å². The number of nitrogens with zero attached hydrogens (tertiary/aromatic N) is 1. The molecular weight excluding hydrogens is 246 g/mol. The molecule has 1 saturated heterocycles. The Hall–Kier alpha value is 0.350. The molecule has 0 aliphatic carbocycles. The van der Waals surface area contributed by atoms with Gasteiger partial charge in [0.05, 0.1) is 6.61 Å². The van der Waals surface area contributed by atoms with Crippen molar-refractivity contribution in [1.82, 2.24) is 4.31 Å². The Labute approximate surface area is 81.1 Å². The second kappa shape index (κ2) is 4.55. The topological polar surface area (TPSA) is 46.6 Å². The second-order valence-electron chi connectivity index (χ2n) is 2.59. The molecule has 0 aromatic heterocycles. The van der Waals surface area contributed by atoms with Crippen molar-refractivity contribution in [3.8, 4) is 0 Å².